The Morgan fingerprint density at radius 1 is 1.12 bits per heavy atom. The molecule has 10 nitrogen and oxygen atoms in total. The Labute approximate surface area is 245 Å². The summed E-state index contributed by atoms with van der Waals surface area (Å²) in [5.74, 6) is -0.742. The lowest BCUT2D eigenvalue weighted by Gasteiger charge is -2.20. The molecule has 4 heterocycles. The van der Waals surface area contributed by atoms with Gasteiger partial charge in [-0.15, -0.1) is 0 Å². The summed E-state index contributed by atoms with van der Waals surface area (Å²) in [7, 11) is 0. The Hall–Kier alpha value is -4.68. The van der Waals surface area contributed by atoms with E-state index in [1.165, 1.54) is 16.8 Å². The Morgan fingerprint density at radius 2 is 1.95 bits per heavy atom. The molecular weight excluding hydrogens is 567 g/mol. The number of carboxylic acid groups (broad SMARTS) is 1. The molecule has 43 heavy (non-hydrogen) atoms. The van der Waals surface area contributed by atoms with Crippen molar-refractivity contribution >= 4 is 23.2 Å². The number of benzene rings is 1. The summed E-state index contributed by atoms with van der Waals surface area (Å²) >= 11 is 0. The number of ether oxygens (including phenoxy) is 3. The number of rotatable bonds is 10. The van der Waals surface area contributed by atoms with Crippen LogP contribution in [0.3, 0.4) is 0 Å². The molecule has 0 bridgehead atoms. The van der Waals surface area contributed by atoms with Gasteiger partial charge in [-0.1, -0.05) is 18.2 Å². The first-order valence-electron chi connectivity index (χ1n) is 14.0. The maximum atomic E-state index is 13.3. The molecule has 3 aromatic rings. The van der Waals surface area contributed by atoms with E-state index in [1.54, 1.807) is 24.3 Å². The monoisotopic (exact) mass is 597 g/mol. The Bertz CT molecular complexity index is 1570. The molecule has 13 heteroatoms. The maximum absolute atomic E-state index is 13.3. The molecule has 6 rings (SSSR count). The minimum absolute atomic E-state index is 0.0969. The summed E-state index contributed by atoms with van der Waals surface area (Å²) in [5.41, 5.74) is 3.48. The van der Waals surface area contributed by atoms with E-state index >= 15 is 0 Å². The van der Waals surface area contributed by atoms with Crippen molar-refractivity contribution in [1.29, 1.82) is 0 Å². The van der Waals surface area contributed by atoms with E-state index in [1.807, 2.05) is 12.1 Å². The van der Waals surface area contributed by atoms with Crippen molar-refractivity contribution < 1.29 is 37.3 Å². The highest BCUT2D eigenvalue weighted by Gasteiger charge is 2.38. The predicted octanol–water partition coefficient (Wildman–Crippen LogP) is 5.25. The van der Waals surface area contributed by atoms with Crippen LogP contribution in [0.4, 0.5) is 24.7 Å². The molecule has 2 aliphatic heterocycles. The Morgan fingerprint density at radius 3 is 2.74 bits per heavy atom. The molecule has 2 aromatic heterocycles. The molecule has 0 fully saturated rings. The van der Waals surface area contributed by atoms with E-state index in [2.05, 4.69) is 20.7 Å². The van der Waals surface area contributed by atoms with E-state index in [-0.39, 0.29) is 32.7 Å². The van der Waals surface area contributed by atoms with Gasteiger partial charge in [0, 0.05) is 37.2 Å². The van der Waals surface area contributed by atoms with Crippen LogP contribution < -0.4 is 24.8 Å². The second-order valence-electron chi connectivity index (χ2n) is 10.5. The molecule has 0 saturated heterocycles. The van der Waals surface area contributed by atoms with Crippen LogP contribution in [-0.4, -0.2) is 58.5 Å². The van der Waals surface area contributed by atoms with Gasteiger partial charge in [0.15, 0.2) is 11.5 Å². The number of nitrogens with zero attached hydrogens (tertiary/aromatic N) is 3. The lowest BCUT2D eigenvalue weighted by Crippen LogP contribution is -2.22. The number of aromatic nitrogens is 3. The molecule has 2 atom stereocenters. The van der Waals surface area contributed by atoms with Crippen LogP contribution in [0.15, 0.2) is 54.6 Å². The Kier molecular flexibility index (Phi) is 7.87. The fraction of sp³-hybridized carbons (Fsp3) is 0.367. The van der Waals surface area contributed by atoms with Gasteiger partial charge >= 0.3 is 12.1 Å². The highest BCUT2D eigenvalue weighted by atomic mass is 19.4. The van der Waals surface area contributed by atoms with Crippen molar-refractivity contribution in [2.24, 2.45) is 5.92 Å². The third kappa shape index (κ3) is 6.55. The van der Waals surface area contributed by atoms with Crippen LogP contribution >= 0.6 is 0 Å². The summed E-state index contributed by atoms with van der Waals surface area (Å²) in [4.78, 5) is 16.4. The van der Waals surface area contributed by atoms with E-state index < -0.39 is 24.0 Å². The van der Waals surface area contributed by atoms with E-state index in [9.17, 15) is 23.1 Å². The van der Waals surface area contributed by atoms with Gasteiger partial charge in [-0.05, 0) is 48.7 Å². The van der Waals surface area contributed by atoms with Crippen molar-refractivity contribution in [3.05, 3.63) is 71.6 Å². The quantitative estimate of drug-likeness (QED) is 0.288. The lowest BCUT2D eigenvalue weighted by atomic mass is 9.91. The molecule has 1 aliphatic carbocycles. The van der Waals surface area contributed by atoms with Gasteiger partial charge in [-0.3, -0.25) is 4.79 Å². The molecule has 0 spiro atoms. The Balaban J connectivity index is 1.23. The predicted molar refractivity (Wildman–Crippen MR) is 151 cm³/mol. The van der Waals surface area contributed by atoms with Crippen molar-refractivity contribution in [3.63, 3.8) is 0 Å². The van der Waals surface area contributed by atoms with Crippen LogP contribution in [0.25, 0.3) is 5.70 Å². The number of fused-ring (bicyclic) bond motifs is 2. The van der Waals surface area contributed by atoms with Crippen LogP contribution in [0, 0.1) is 5.92 Å². The van der Waals surface area contributed by atoms with Gasteiger partial charge in [0.25, 0.3) is 0 Å². The van der Waals surface area contributed by atoms with Gasteiger partial charge in [-0.2, -0.15) is 18.3 Å². The number of pyridine rings is 1. The second kappa shape index (κ2) is 11.9. The standard InChI is InChI=1S/C30H30F3N5O5/c31-30(32,33)20-2-5-23(6-3-20)38-27(41-12-9-21-4-7-24-29(36-21)35-11-10-34-24)16-22(37-38)13-19(15-28(39)40)18-1-8-25-26(14-18)43-17-42-25/h1-2,4-8,14,16,19-20,34H,3,9-13,15,17H2,(H,35,36)(H,39,40). The highest BCUT2D eigenvalue weighted by Crippen LogP contribution is 2.38. The number of hydrogen-bond donors (Lipinski definition) is 3. The third-order valence-corrected chi connectivity index (χ3v) is 7.51. The first kappa shape index (κ1) is 28.4. The number of allylic oxidation sites excluding steroid dienone is 4. The molecule has 0 saturated carbocycles. The number of nitrogens with one attached hydrogen (secondary N) is 2. The van der Waals surface area contributed by atoms with Gasteiger partial charge in [0.05, 0.1) is 36.0 Å². The van der Waals surface area contributed by atoms with Gasteiger partial charge < -0.3 is 30.0 Å². The lowest BCUT2D eigenvalue weighted by molar-refractivity contribution is -0.160. The molecule has 0 radical (unpaired) electrons. The van der Waals surface area contributed by atoms with E-state index in [0.29, 0.717) is 35.2 Å². The zero-order chi connectivity index (χ0) is 30.0. The van der Waals surface area contributed by atoms with Crippen molar-refractivity contribution in [2.45, 2.75) is 37.8 Å². The molecule has 3 N–H and O–H groups in total. The summed E-state index contributed by atoms with van der Waals surface area (Å²) < 4.78 is 58.3. The first-order valence-corrected chi connectivity index (χ1v) is 14.0. The maximum Gasteiger partial charge on any atom is 0.395 e. The van der Waals surface area contributed by atoms with Crippen LogP contribution in [0.5, 0.6) is 17.4 Å². The topological polar surface area (TPSA) is 120 Å². The summed E-state index contributed by atoms with van der Waals surface area (Å²) in [6, 6.07) is 10.9. The van der Waals surface area contributed by atoms with Crippen molar-refractivity contribution in [2.75, 3.05) is 37.1 Å². The number of halogens is 3. The second-order valence-corrected chi connectivity index (χ2v) is 10.5. The van der Waals surface area contributed by atoms with Crippen LogP contribution in [-0.2, 0) is 17.6 Å². The normalized spacial score (nSPS) is 17.8. The summed E-state index contributed by atoms with van der Waals surface area (Å²) in [5, 5.41) is 20.8. The number of carbonyl (C=O) groups is 1. The number of alkyl halides is 3. The minimum atomic E-state index is -4.34. The molecular formula is C30H30F3N5O5. The van der Waals surface area contributed by atoms with Gasteiger partial charge in [-0.25, -0.2) is 9.67 Å². The molecule has 3 aliphatic rings. The zero-order valence-electron chi connectivity index (χ0n) is 23.1. The van der Waals surface area contributed by atoms with Crippen LogP contribution in [0.1, 0.15) is 35.7 Å². The minimum Gasteiger partial charge on any atom is -0.481 e. The first-order chi connectivity index (χ1) is 20.7. The number of hydrogen-bond acceptors (Lipinski definition) is 8. The smallest absolute Gasteiger partial charge is 0.395 e. The number of aliphatic carboxylic acids is 1. The largest absolute Gasteiger partial charge is 0.481 e. The average molecular weight is 598 g/mol. The number of carboxylic acids is 1. The van der Waals surface area contributed by atoms with Crippen LogP contribution in [0.2, 0.25) is 0 Å². The van der Waals surface area contributed by atoms with Crippen molar-refractivity contribution in [3.8, 4) is 17.4 Å². The molecule has 2 unspecified atom stereocenters. The fourth-order valence-electron chi connectivity index (χ4n) is 5.30. The van der Waals surface area contributed by atoms with E-state index in [0.717, 1.165) is 41.9 Å². The number of anilines is 2. The van der Waals surface area contributed by atoms with Gasteiger partial charge in [0.1, 0.15) is 5.82 Å². The molecule has 0 amide bonds. The zero-order valence-corrected chi connectivity index (χ0v) is 23.1. The summed E-state index contributed by atoms with van der Waals surface area (Å²) in [6.07, 6.45) is 0.0161. The highest BCUT2D eigenvalue weighted by molar-refractivity contribution is 5.68. The molecule has 1 aromatic carbocycles. The SMILES string of the molecule is O=C(O)CC(Cc1cc(OCCc2ccc3c(n2)NCCN3)n(C2=CCC(C(F)(F)F)C=C2)n1)c1ccc2c(c1)OCO2. The molecule has 226 valence electrons. The fourth-order valence-corrected chi connectivity index (χ4v) is 5.30. The van der Waals surface area contributed by atoms with Gasteiger partial charge in [0.2, 0.25) is 12.7 Å². The third-order valence-electron chi connectivity index (χ3n) is 7.51. The summed E-state index contributed by atoms with van der Waals surface area (Å²) in [6.45, 7) is 1.93. The van der Waals surface area contributed by atoms with E-state index in [4.69, 9.17) is 14.2 Å². The van der Waals surface area contributed by atoms with Crippen molar-refractivity contribution in [1.82, 2.24) is 14.8 Å². The average Bonchev–Trinajstić information content (AvgIpc) is 3.63.